The molecule has 0 atom stereocenters. The number of methoxy groups -OCH3 is 1. The van der Waals surface area contributed by atoms with Crippen LogP contribution in [0.4, 0.5) is 11.5 Å². The van der Waals surface area contributed by atoms with E-state index < -0.39 is 0 Å². The van der Waals surface area contributed by atoms with E-state index >= 15 is 0 Å². The Labute approximate surface area is 197 Å². The number of carbonyl (C=O) groups excluding carboxylic acids is 2. The van der Waals surface area contributed by atoms with E-state index in [1.807, 2.05) is 71.4 Å². The lowest BCUT2D eigenvalue weighted by Gasteiger charge is -2.27. The van der Waals surface area contributed by atoms with Crippen LogP contribution in [-0.4, -0.2) is 28.7 Å². The second kappa shape index (κ2) is 9.23. The molecular weight excluding hydrogens is 428 g/mol. The van der Waals surface area contributed by atoms with Crippen LogP contribution in [0.15, 0.2) is 84.9 Å². The maximum atomic E-state index is 12.7. The molecule has 34 heavy (non-hydrogen) atoms. The van der Waals surface area contributed by atoms with E-state index in [9.17, 15) is 9.59 Å². The SMILES string of the molecule is COc1cccc(NC(=O)c2ccc(CN3C(=O)CCn4nc(-c5ccccc5)cc43)cc2)c1. The van der Waals surface area contributed by atoms with Crippen molar-refractivity contribution in [1.82, 2.24) is 9.78 Å². The fourth-order valence-electron chi connectivity index (χ4n) is 4.02. The molecule has 5 rings (SSSR count). The molecule has 1 aliphatic heterocycles. The van der Waals surface area contributed by atoms with Gasteiger partial charge < -0.3 is 10.1 Å². The molecule has 0 radical (unpaired) electrons. The Kier molecular flexibility index (Phi) is 5.82. The largest absolute Gasteiger partial charge is 0.497 e. The third-order valence-electron chi connectivity index (χ3n) is 5.83. The van der Waals surface area contributed by atoms with E-state index in [0.29, 0.717) is 36.5 Å². The van der Waals surface area contributed by atoms with Gasteiger partial charge in [0.15, 0.2) is 0 Å². The van der Waals surface area contributed by atoms with Crippen molar-refractivity contribution in [3.05, 3.63) is 96.1 Å². The number of benzene rings is 3. The van der Waals surface area contributed by atoms with Crippen molar-refractivity contribution in [3.8, 4) is 17.0 Å². The number of amides is 2. The molecule has 0 saturated carbocycles. The highest BCUT2D eigenvalue weighted by atomic mass is 16.5. The predicted molar refractivity (Wildman–Crippen MR) is 131 cm³/mol. The highest BCUT2D eigenvalue weighted by molar-refractivity contribution is 6.04. The van der Waals surface area contributed by atoms with Gasteiger partial charge in [-0.25, -0.2) is 4.68 Å². The maximum Gasteiger partial charge on any atom is 0.255 e. The second-order valence-electron chi connectivity index (χ2n) is 8.09. The number of rotatable bonds is 6. The average molecular weight is 453 g/mol. The molecule has 1 aliphatic rings. The highest BCUT2D eigenvalue weighted by Crippen LogP contribution is 2.29. The van der Waals surface area contributed by atoms with Crippen LogP contribution in [0, 0.1) is 0 Å². The molecular formula is C27H24N4O3. The Balaban J connectivity index is 1.32. The number of aryl methyl sites for hydroxylation is 1. The summed E-state index contributed by atoms with van der Waals surface area (Å²) in [6.07, 6.45) is 0.407. The molecule has 170 valence electrons. The molecule has 0 bridgehead atoms. The van der Waals surface area contributed by atoms with E-state index in [1.54, 1.807) is 30.2 Å². The minimum atomic E-state index is -0.209. The summed E-state index contributed by atoms with van der Waals surface area (Å²) in [5.74, 6) is 1.32. The third kappa shape index (κ3) is 4.41. The Morgan fingerprint density at radius 2 is 1.79 bits per heavy atom. The third-order valence-corrected chi connectivity index (χ3v) is 5.83. The summed E-state index contributed by atoms with van der Waals surface area (Å²) in [7, 11) is 1.59. The van der Waals surface area contributed by atoms with Gasteiger partial charge >= 0.3 is 0 Å². The van der Waals surface area contributed by atoms with Gasteiger partial charge in [0.25, 0.3) is 5.91 Å². The van der Waals surface area contributed by atoms with Crippen molar-refractivity contribution in [2.75, 3.05) is 17.3 Å². The maximum absolute atomic E-state index is 12.7. The Morgan fingerprint density at radius 3 is 2.56 bits per heavy atom. The lowest BCUT2D eigenvalue weighted by Crippen LogP contribution is -2.36. The van der Waals surface area contributed by atoms with E-state index in [0.717, 1.165) is 22.6 Å². The monoisotopic (exact) mass is 452 g/mol. The van der Waals surface area contributed by atoms with Gasteiger partial charge in [0.2, 0.25) is 5.91 Å². The molecule has 0 spiro atoms. The molecule has 3 aromatic carbocycles. The predicted octanol–water partition coefficient (Wildman–Crippen LogP) is 4.75. The topological polar surface area (TPSA) is 76.5 Å². The van der Waals surface area contributed by atoms with Crippen molar-refractivity contribution >= 4 is 23.3 Å². The number of hydrogen-bond donors (Lipinski definition) is 1. The van der Waals surface area contributed by atoms with Gasteiger partial charge in [-0.15, -0.1) is 0 Å². The summed E-state index contributed by atoms with van der Waals surface area (Å²) in [4.78, 5) is 27.1. The zero-order chi connectivity index (χ0) is 23.5. The van der Waals surface area contributed by atoms with Crippen LogP contribution < -0.4 is 15.0 Å². The zero-order valence-corrected chi connectivity index (χ0v) is 18.8. The van der Waals surface area contributed by atoms with Crippen molar-refractivity contribution in [1.29, 1.82) is 0 Å². The average Bonchev–Trinajstić information content (AvgIpc) is 3.31. The number of ether oxygens (including phenoxy) is 1. The molecule has 1 N–H and O–H groups in total. The van der Waals surface area contributed by atoms with Gasteiger partial charge in [-0.1, -0.05) is 48.5 Å². The first-order valence-corrected chi connectivity index (χ1v) is 11.1. The number of hydrogen-bond acceptors (Lipinski definition) is 4. The van der Waals surface area contributed by atoms with Crippen LogP contribution >= 0.6 is 0 Å². The summed E-state index contributed by atoms with van der Waals surface area (Å²) in [6, 6.07) is 26.4. The smallest absolute Gasteiger partial charge is 0.255 e. The number of nitrogens with one attached hydrogen (secondary N) is 1. The first-order valence-electron chi connectivity index (χ1n) is 11.1. The summed E-state index contributed by atoms with van der Waals surface area (Å²) in [5, 5.41) is 7.57. The van der Waals surface area contributed by atoms with Crippen molar-refractivity contribution in [3.63, 3.8) is 0 Å². The molecule has 0 fully saturated rings. The zero-order valence-electron chi connectivity index (χ0n) is 18.8. The molecule has 0 aliphatic carbocycles. The van der Waals surface area contributed by atoms with Crippen LogP contribution in [0.2, 0.25) is 0 Å². The Bertz CT molecular complexity index is 1330. The van der Waals surface area contributed by atoms with Crippen LogP contribution in [0.1, 0.15) is 22.3 Å². The van der Waals surface area contributed by atoms with Gasteiger partial charge in [0, 0.05) is 35.4 Å². The van der Waals surface area contributed by atoms with Crippen LogP contribution in [0.3, 0.4) is 0 Å². The summed E-state index contributed by atoms with van der Waals surface area (Å²) >= 11 is 0. The summed E-state index contributed by atoms with van der Waals surface area (Å²) < 4.78 is 7.09. The Hall–Kier alpha value is -4.39. The Morgan fingerprint density at radius 1 is 1.00 bits per heavy atom. The quantitative estimate of drug-likeness (QED) is 0.458. The van der Waals surface area contributed by atoms with Gasteiger partial charge in [0.1, 0.15) is 11.6 Å². The number of anilines is 2. The number of nitrogens with zero attached hydrogens (tertiary/aromatic N) is 3. The highest BCUT2D eigenvalue weighted by Gasteiger charge is 2.26. The fraction of sp³-hybridized carbons (Fsp3) is 0.148. The first-order chi connectivity index (χ1) is 16.6. The standard InChI is InChI=1S/C27H24N4O3/c1-34-23-9-5-8-22(16-23)28-27(33)21-12-10-19(11-13-21)18-30-25-17-24(20-6-3-2-4-7-20)29-31(25)15-14-26(30)32/h2-13,16-17H,14-15,18H2,1H3,(H,28,33). The van der Waals surface area contributed by atoms with E-state index in [1.165, 1.54) is 0 Å². The van der Waals surface area contributed by atoms with Crippen molar-refractivity contribution < 1.29 is 14.3 Å². The van der Waals surface area contributed by atoms with Crippen molar-refractivity contribution in [2.24, 2.45) is 0 Å². The van der Waals surface area contributed by atoms with Gasteiger partial charge in [-0.2, -0.15) is 5.10 Å². The summed E-state index contributed by atoms with van der Waals surface area (Å²) in [6.45, 7) is 0.984. The lowest BCUT2D eigenvalue weighted by atomic mass is 10.1. The summed E-state index contributed by atoms with van der Waals surface area (Å²) in [5.41, 5.74) is 3.99. The van der Waals surface area contributed by atoms with Crippen LogP contribution in [0.25, 0.3) is 11.3 Å². The van der Waals surface area contributed by atoms with E-state index in [4.69, 9.17) is 9.84 Å². The fourth-order valence-corrected chi connectivity index (χ4v) is 4.02. The molecule has 0 unspecified atom stereocenters. The number of aromatic nitrogens is 2. The van der Waals surface area contributed by atoms with Gasteiger partial charge in [-0.3, -0.25) is 14.5 Å². The minimum absolute atomic E-state index is 0.0619. The molecule has 7 nitrogen and oxygen atoms in total. The molecule has 2 heterocycles. The van der Waals surface area contributed by atoms with E-state index in [-0.39, 0.29) is 11.8 Å². The molecule has 4 aromatic rings. The molecule has 1 aromatic heterocycles. The van der Waals surface area contributed by atoms with E-state index in [2.05, 4.69) is 5.32 Å². The van der Waals surface area contributed by atoms with Crippen LogP contribution in [0.5, 0.6) is 5.75 Å². The number of carbonyl (C=O) groups is 2. The van der Waals surface area contributed by atoms with Crippen LogP contribution in [-0.2, 0) is 17.9 Å². The van der Waals surface area contributed by atoms with Gasteiger partial charge in [-0.05, 0) is 29.8 Å². The van der Waals surface area contributed by atoms with Gasteiger partial charge in [0.05, 0.1) is 25.9 Å². The minimum Gasteiger partial charge on any atom is -0.497 e. The van der Waals surface area contributed by atoms with Crippen molar-refractivity contribution in [2.45, 2.75) is 19.5 Å². The molecule has 0 saturated heterocycles. The number of fused-ring (bicyclic) bond motifs is 1. The molecule has 2 amide bonds. The lowest BCUT2D eigenvalue weighted by molar-refractivity contribution is -0.119. The second-order valence-corrected chi connectivity index (χ2v) is 8.09. The molecule has 7 heteroatoms. The first kappa shape index (κ1) is 21.5. The normalized spacial score (nSPS) is 12.9.